The molecule has 2 heterocycles. The molecule has 30 heavy (non-hydrogen) atoms. The van der Waals surface area contributed by atoms with Crippen LogP contribution in [0.15, 0.2) is 24.4 Å². The molecule has 0 saturated carbocycles. The minimum Gasteiger partial charge on any atom is -0.508 e. The third-order valence-corrected chi connectivity index (χ3v) is 5.03. The van der Waals surface area contributed by atoms with Gasteiger partial charge in [-0.15, -0.1) is 0 Å². The number of phenolic OH excluding ortho intramolecular Hbond substituents is 1. The van der Waals surface area contributed by atoms with Gasteiger partial charge in [0.1, 0.15) is 23.4 Å². The van der Waals surface area contributed by atoms with E-state index >= 15 is 0 Å². The number of nitrogens with two attached hydrogens (primary N) is 1. The van der Waals surface area contributed by atoms with Gasteiger partial charge in [-0.2, -0.15) is 0 Å². The highest BCUT2D eigenvalue weighted by molar-refractivity contribution is 5.92. The molecule has 1 saturated heterocycles. The predicted octanol–water partition coefficient (Wildman–Crippen LogP) is 1.79. The highest BCUT2D eigenvalue weighted by Gasteiger charge is 2.37. The molecule has 2 atom stereocenters. The summed E-state index contributed by atoms with van der Waals surface area (Å²) in [6.45, 7) is 5.59. The summed E-state index contributed by atoms with van der Waals surface area (Å²) >= 11 is 0. The van der Waals surface area contributed by atoms with Crippen LogP contribution in [0.4, 0.5) is 4.79 Å². The average Bonchev–Trinajstić information content (AvgIpc) is 3.26. The van der Waals surface area contributed by atoms with Crippen LogP contribution in [0, 0.1) is 0 Å². The van der Waals surface area contributed by atoms with Crippen LogP contribution in [0.3, 0.4) is 0 Å². The van der Waals surface area contributed by atoms with Gasteiger partial charge in [0.15, 0.2) is 0 Å². The number of hydrogen-bond acceptors (Lipinski definition) is 5. The smallest absolute Gasteiger partial charge is 0.408 e. The van der Waals surface area contributed by atoms with E-state index in [4.69, 9.17) is 10.5 Å². The van der Waals surface area contributed by atoms with Crippen LogP contribution in [0.2, 0.25) is 0 Å². The summed E-state index contributed by atoms with van der Waals surface area (Å²) < 4.78 is 5.32. The van der Waals surface area contributed by atoms with E-state index < -0.39 is 35.6 Å². The van der Waals surface area contributed by atoms with Crippen molar-refractivity contribution in [1.82, 2.24) is 15.2 Å². The van der Waals surface area contributed by atoms with Crippen molar-refractivity contribution >= 4 is 28.8 Å². The maximum Gasteiger partial charge on any atom is 0.408 e. The monoisotopic (exact) mass is 416 g/mol. The third-order valence-electron chi connectivity index (χ3n) is 5.03. The van der Waals surface area contributed by atoms with E-state index in [-0.39, 0.29) is 12.2 Å². The van der Waals surface area contributed by atoms with Gasteiger partial charge in [-0.25, -0.2) is 4.79 Å². The molecule has 3 rings (SSSR count). The van der Waals surface area contributed by atoms with Crippen molar-refractivity contribution in [2.45, 2.75) is 57.7 Å². The maximum atomic E-state index is 13.3. The maximum absolute atomic E-state index is 13.3. The van der Waals surface area contributed by atoms with Crippen molar-refractivity contribution in [2.75, 3.05) is 6.54 Å². The Hall–Kier alpha value is -3.23. The second-order valence-electron chi connectivity index (χ2n) is 8.54. The number of likely N-dealkylation sites (tertiary alicyclic amines) is 1. The molecule has 1 aliphatic rings. The SMILES string of the molecule is CC(C)(C)OC(=O)NC(Cc1c[nH]c2ccc(O)cc12)C(=O)N1CCCC1C(N)=O. The molecule has 1 aromatic carbocycles. The average molecular weight is 416 g/mol. The van der Waals surface area contributed by atoms with Gasteiger partial charge in [0, 0.05) is 30.1 Å². The number of hydrogen-bond donors (Lipinski definition) is 4. The number of benzene rings is 1. The van der Waals surface area contributed by atoms with E-state index in [2.05, 4.69) is 10.3 Å². The molecule has 1 fully saturated rings. The minimum atomic E-state index is -0.957. The van der Waals surface area contributed by atoms with Gasteiger partial charge < -0.3 is 30.8 Å². The van der Waals surface area contributed by atoms with Crippen molar-refractivity contribution in [3.05, 3.63) is 30.0 Å². The number of alkyl carbamates (subject to hydrolysis) is 1. The summed E-state index contributed by atoms with van der Waals surface area (Å²) in [4.78, 5) is 42.0. The lowest BCUT2D eigenvalue weighted by molar-refractivity contribution is -0.139. The van der Waals surface area contributed by atoms with Gasteiger partial charge in [0.25, 0.3) is 0 Å². The van der Waals surface area contributed by atoms with Crippen molar-refractivity contribution in [3.63, 3.8) is 0 Å². The first-order valence-electron chi connectivity index (χ1n) is 9.93. The third kappa shape index (κ3) is 4.84. The van der Waals surface area contributed by atoms with Crippen molar-refractivity contribution in [3.8, 4) is 5.75 Å². The van der Waals surface area contributed by atoms with E-state index in [0.717, 1.165) is 16.5 Å². The number of aromatic amines is 1. The zero-order valence-corrected chi connectivity index (χ0v) is 17.4. The molecule has 2 unspecified atom stereocenters. The summed E-state index contributed by atoms with van der Waals surface area (Å²) in [6.07, 6.45) is 2.33. The summed E-state index contributed by atoms with van der Waals surface area (Å²) in [5.41, 5.74) is 6.27. The number of primary amides is 1. The van der Waals surface area contributed by atoms with E-state index in [1.165, 1.54) is 4.90 Å². The molecule has 9 heteroatoms. The van der Waals surface area contributed by atoms with Crippen molar-refractivity contribution in [1.29, 1.82) is 0 Å². The molecule has 0 radical (unpaired) electrons. The molecule has 1 aromatic heterocycles. The molecule has 3 amide bonds. The number of ether oxygens (including phenoxy) is 1. The molecule has 0 spiro atoms. The Morgan fingerprint density at radius 2 is 2.10 bits per heavy atom. The van der Waals surface area contributed by atoms with Gasteiger partial charge in [-0.05, 0) is 57.4 Å². The number of phenols is 1. The first-order valence-corrected chi connectivity index (χ1v) is 9.93. The number of fused-ring (bicyclic) bond motifs is 1. The fraction of sp³-hybridized carbons (Fsp3) is 0.476. The summed E-state index contributed by atoms with van der Waals surface area (Å²) in [5, 5.41) is 13.2. The Labute approximate surface area is 174 Å². The largest absolute Gasteiger partial charge is 0.508 e. The van der Waals surface area contributed by atoms with Gasteiger partial charge in [-0.3, -0.25) is 9.59 Å². The molecular formula is C21H28N4O5. The van der Waals surface area contributed by atoms with Crippen LogP contribution in [0.25, 0.3) is 10.9 Å². The van der Waals surface area contributed by atoms with Crippen LogP contribution in [-0.2, 0) is 20.7 Å². The molecule has 0 aliphatic carbocycles. The first-order chi connectivity index (χ1) is 14.0. The zero-order valence-electron chi connectivity index (χ0n) is 17.4. The van der Waals surface area contributed by atoms with Crippen LogP contribution in [0.5, 0.6) is 5.75 Å². The number of carbonyl (C=O) groups excluding carboxylic acids is 3. The Balaban J connectivity index is 1.88. The summed E-state index contributed by atoms with van der Waals surface area (Å²) in [6, 6.07) is 3.24. The summed E-state index contributed by atoms with van der Waals surface area (Å²) in [5.74, 6) is -0.856. The zero-order chi connectivity index (χ0) is 22.1. The lowest BCUT2D eigenvalue weighted by Crippen LogP contribution is -2.54. The molecule has 0 bridgehead atoms. The molecule has 9 nitrogen and oxygen atoms in total. The normalized spacial score (nSPS) is 17.7. The van der Waals surface area contributed by atoms with Crippen molar-refractivity contribution in [2.24, 2.45) is 5.73 Å². The second kappa shape index (κ2) is 8.25. The topological polar surface area (TPSA) is 138 Å². The molecule has 5 N–H and O–H groups in total. The molecule has 2 aromatic rings. The van der Waals surface area contributed by atoms with Gasteiger partial charge in [-0.1, -0.05) is 0 Å². The Kier molecular flexibility index (Phi) is 5.91. The lowest BCUT2D eigenvalue weighted by Gasteiger charge is -2.28. The molecule has 162 valence electrons. The van der Waals surface area contributed by atoms with Crippen LogP contribution in [0.1, 0.15) is 39.2 Å². The fourth-order valence-electron chi connectivity index (χ4n) is 3.73. The summed E-state index contributed by atoms with van der Waals surface area (Å²) in [7, 11) is 0. The highest BCUT2D eigenvalue weighted by atomic mass is 16.6. The minimum absolute atomic E-state index is 0.0969. The molecular weight excluding hydrogens is 388 g/mol. The van der Waals surface area contributed by atoms with Crippen molar-refractivity contribution < 1.29 is 24.2 Å². The number of rotatable bonds is 5. The van der Waals surface area contributed by atoms with Gasteiger partial charge in [0.2, 0.25) is 11.8 Å². The Morgan fingerprint density at radius 1 is 1.37 bits per heavy atom. The second-order valence-corrected chi connectivity index (χ2v) is 8.54. The lowest BCUT2D eigenvalue weighted by atomic mass is 10.0. The van der Waals surface area contributed by atoms with Crippen LogP contribution >= 0.6 is 0 Å². The van der Waals surface area contributed by atoms with Gasteiger partial charge in [0.05, 0.1) is 0 Å². The van der Waals surface area contributed by atoms with Gasteiger partial charge >= 0.3 is 6.09 Å². The quantitative estimate of drug-likeness (QED) is 0.589. The number of aromatic nitrogens is 1. The standard InChI is InChI=1S/C21H28N4O5/c1-21(2,3)30-20(29)24-16(19(28)25-8-4-5-17(25)18(22)27)9-12-11-23-15-7-6-13(26)10-14(12)15/h6-7,10-11,16-17,23,26H,4-5,8-9H2,1-3H3,(H2,22,27)(H,24,29). The predicted molar refractivity (Wildman–Crippen MR) is 111 cm³/mol. The van der Waals surface area contributed by atoms with Crippen LogP contribution in [-0.4, -0.2) is 57.1 Å². The van der Waals surface area contributed by atoms with Crippen LogP contribution < -0.4 is 11.1 Å². The van der Waals surface area contributed by atoms with E-state index in [1.807, 2.05) is 0 Å². The van der Waals surface area contributed by atoms with E-state index in [0.29, 0.717) is 19.4 Å². The number of carbonyl (C=O) groups is 3. The Morgan fingerprint density at radius 3 is 2.77 bits per heavy atom. The number of nitrogens with one attached hydrogen (secondary N) is 2. The number of aromatic hydroxyl groups is 1. The highest BCUT2D eigenvalue weighted by Crippen LogP contribution is 2.25. The van der Waals surface area contributed by atoms with E-state index in [1.54, 1.807) is 45.2 Å². The number of H-pyrrole nitrogens is 1. The fourth-order valence-corrected chi connectivity index (χ4v) is 3.73. The first kappa shape index (κ1) is 21.5. The number of nitrogens with zero attached hydrogens (tertiary/aromatic N) is 1. The number of amides is 3. The Bertz CT molecular complexity index is 962. The van der Waals surface area contributed by atoms with E-state index in [9.17, 15) is 19.5 Å². The molecule has 1 aliphatic heterocycles.